The van der Waals surface area contributed by atoms with Crippen LogP contribution in [0.15, 0.2) is 11.5 Å². The van der Waals surface area contributed by atoms with Crippen LogP contribution >= 0.6 is 0 Å². The molecule has 1 fully saturated rings. The van der Waals surface area contributed by atoms with Gasteiger partial charge in [0.2, 0.25) is 0 Å². The maximum absolute atomic E-state index is 12.1. The lowest BCUT2D eigenvalue weighted by Gasteiger charge is -2.36. The Labute approximate surface area is 117 Å². The molecule has 0 aromatic carbocycles. The molecule has 2 heterocycles. The average molecular weight is 302 g/mol. The highest BCUT2D eigenvalue weighted by Gasteiger charge is 2.36. The number of carboxylic acids is 1. The lowest BCUT2D eigenvalue weighted by Crippen LogP contribution is -2.55. The van der Waals surface area contributed by atoms with Crippen molar-refractivity contribution in [2.75, 3.05) is 12.3 Å². The molecule has 20 heavy (non-hydrogen) atoms. The Morgan fingerprint density at radius 3 is 2.65 bits per heavy atom. The van der Waals surface area contributed by atoms with Crippen LogP contribution in [0.3, 0.4) is 0 Å². The number of hydrogen-bond acceptors (Lipinski definition) is 4. The van der Waals surface area contributed by atoms with Gasteiger partial charge in [-0.05, 0) is 24.8 Å². The summed E-state index contributed by atoms with van der Waals surface area (Å²) in [5, 5.41) is 12.8. The highest BCUT2D eigenvalue weighted by atomic mass is 32.2. The third kappa shape index (κ3) is 3.30. The van der Waals surface area contributed by atoms with E-state index in [4.69, 9.17) is 0 Å². The molecule has 3 atom stereocenters. The van der Waals surface area contributed by atoms with Crippen LogP contribution in [0.5, 0.6) is 0 Å². The van der Waals surface area contributed by atoms with Gasteiger partial charge in [0.25, 0.3) is 0 Å². The molecule has 112 valence electrons. The molecule has 2 N–H and O–H groups in total. The molecule has 0 aromatic heterocycles. The third-order valence-corrected chi connectivity index (χ3v) is 5.05. The van der Waals surface area contributed by atoms with E-state index in [0.717, 1.165) is 11.8 Å². The van der Waals surface area contributed by atoms with Crippen molar-refractivity contribution >= 4 is 21.8 Å². The van der Waals surface area contributed by atoms with Crippen molar-refractivity contribution in [3.8, 4) is 0 Å². The minimum absolute atomic E-state index is 0.166. The Balaban J connectivity index is 2.01. The summed E-state index contributed by atoms with van der Waals surface area (Å²) in [4.78, 5) is 24.6. The molecule has 0 saturated carbocycles. The number of nitrogens with one attached hydrogen (secondary N) is 1. The van der Waals surface area contributed by atoms with E-state index in [1.165, 1.54) is 11.0 Å². The molecule has 3 unspecified atom stereocenters. The number of urea groups is 1. The Bertz CT molecular complexity index is 542. The molecule has 8 heteroatoms. The van der Waals surface area contributed by atoms with E-state index in [0.29, 0.717) is 13.0 Å². The Hall–Kier alpha value is -1.57. The number of likely N-dealkylation sites (tertiary alicyclic amines) is 1. The molecule has 2 aliphatic heterocycles. The van der Waals surface area contributed by atoms with Crippen LogP contribution in [0.25, 0.3) is 0 Å². The lowest BCUT2D eigenvalue weighted by atomic mass is 9.93. The minimum atomic E-state index is -3.24. The van der Waals surface area contributed by atoms with E-state index in [9.17, 15) is 23.1 Å². The summed E-state index contributed by atoms with van der Waals surface area (Å²) in [6, 6.07) is -1.95. The van der Waals surface area contributed by atoms with Crippen molar-refractivity contribution in [1.82, 2.24) is 10.2 Å². The summed E-state index contributed by atoms with van der Waals surface area (Å²) in [6.45, 7) is 2.32. The van der Waals surface area contributed by atoms with Crippen LogP contribution in [0.1, 0.15) is 19.8 Å². The smallest absolute Gasteiger partial charge is 0.326 e. The van der Waals surface area contributed by atoms with Gasteiger partial charge in [-0.2, -0.15) is 0 Å². The molecular weight excluding hydrogens is 284 g/mol. The highest BCUT2D eigenvalue weighted by molar-refractivity contribution is 7.94. The molecule has 0 bridgehead atoms. The Kier molecular flexibility index (Phi) is 4.03. The van der Waals surface area contributed by atoms with Gasteiger partial charge in [-0.25, -0.2) is 18.0 Å². The first-order valence-corrected chi connectivity index (χ1v) is 8.21. The maximum atomic E-state index is 12.1. The summed E-state index contributed by atoms with van der Waals surface area (Å²) in [6.07, 6.45) is 2.58. The average Bonchev–Trinajstić information content (AvgIpc) is 2.68. The first kappa shape index (κ1) is 14.8. The molecule has 2 amide bonds. The number of hydrogen-bond donors (Lipinski definition) is 2. The van der Waals surface area contributed by atoms with Gasteiger partial charge in [-0.15, -0.1) is 0 Å². The second-order valence-electron chi connectivity index (χ2n) is 5.39. The van der Waals surface area contributed by atoms with Gasteiger partial charge >= 0.3 is 12.0 Å². The number of amides is 2. The molecule has 0 spiro atoms. The van der Waals surface area contributed by atoms with Crippen molar-refractivity contribution in [2.24, 2.45) is 5.92 Å². The fraction of sp³-hybridized carbons (Fsp3) is 0.667. The summed E-state index contributed by atoms with van der Waals surface area (Å²) in [5.41, 5.74) is 0. The van der Waals surface area contributed by atoms with Crippen LogP contribution in [0, 0.1) is 5.92 Å². The number of aliphatic carboxylic acids is 1. The molecule has 0 aliphatic carbocycles. The number of carbonyl (C=O) groups excluding carboxylic acids is 1. The van der Waals surface area contributed by atoms with Crippen LogP contribution in [0.4, 0.5) is 4.79 Å². The van der Waals surface area contributed by atoms with Crippen LogP contribution in [0.2, 0.25) is 0 Å². The fourth-order valence-corrected chi connectivity index (χ4v) is 3.76. The molecule has 0 aromatic rings. The molecule has 7 nitrogen and oxygen atoms in total. The lowest BCUT2D eigenvalue weighted by molar-refractivity contribution is -0.143. The van der Waals surface area contributed by atoms with Gasteiger partial charge in [-0.3, -0.25) is 0 Å². The molecule has 1 saturated heterocycles. The van der Waals surface area contributed by atoms with Crippen LogP contribution in [-0.2, 0) is 14.6 Å². The predicted molar refractivity (Wildman–Crippen MR) is 71.8 cm³/mol. The van der Waals surface area contributed by atoms with E-state index in [2.05, 4.69) is 5.32 Å². The Morgan fingerprint density at radius 2 is 2.10 bits per heavy atom. The van der Waals surface area contributed by atoms with Crippen molar-refractivity contribution in [1.29, 1.82) is 0 Å². The SMILES string of the molecule is CC1CCN(C(=O)NC2C=CS(=O)(=O)C2)C(C(=O)O)C1. The summed E-state index contributed by atoms with van der Waals surface area (Å²) < 4.78 is 22.5. The van der Waals surface area contributed by atoms with Crippen LogP contribution < -0.4 is 5.32 Å². The quantitative estimate of drug-likeness (QED) is 0.758. The van der Waals surface area contributed by atoms with Gasteiger partial charge in [0.05, 0.1) is 11.8 Å². The predicted octanol–water partition coefficient (Wildman–Crippen LogP) is 0.192. The van der Waals surface area contributed by atoms with Crippen LogP contribution in [-0.4, -0.2) is 54.8 Å². The zero-order valence-corrected chi connectivity index (χ0v) is 12.0. The molecule has 0 radical (unpaired) electrons. The van der Waals surface area contributed by atoms with Gasteiger partial charge in [0.15, 0.2) is 9.84 Å². The minimum Gasteiger partial charge on any atom is -0.480 e. The summed E-state index contributed by atoms with van der Waals surface area (Å²) in [5.74, 6) is -0.936. The van der Waals surface area contributed by atoms with E-state index >= 15 is 0 Å². The van der Waals surface area contributed by atoms with Gasteiger partial charge in [0, 0.05) is 12.0 Å². The van der Waals surface area contributed by atoms with Gasteiger partial charge in [0.1, 0.15) is 6.04 Å². The monoisotopic (exact) mass is 302 g/mol. The van der Waals surface area contributed by atoms with Crippen molar-refractivity contribution in [3.05, 3.63) is 11.5 Å². The van der Waals surface area contributed by atoms with E-state index < -0.39 is 33.9 Å². The van der Waals surface area contributed by atoms with E-state index in [1.54, 1.807) is 0 Å². The number of piperidine rings is 1. The first-order chi connectivity index (χ1) is 9.28. The number of carbonyl (C=O) groups is 2. The number of sulfone groups is 1. The fourth-order valence-electron chi connectivity index (χ4n) is 2.53. The summed E-state index contributed by atoms with van der Waals surface area (Å²) in [7, 11) is -3.24. The second-order valence-corrected chi connectivity index (χ2v) is 7.32. The standard InChI is InChI=1S/C12H18N2O5S/c1-8-2-4-14(10(6-8)11(15)16)12(17)13-9-3-5-20(18,19)7-9/h3,5,8-10H,2,4,6-7H2,1H3,(H,13,17)(H,15,16). The molecule has 2 rings (SSSR count). The Morgan fingerprint density at radius 1 is 1.40 bits per heavy atom. The van der Waals surface area contributed by atoms with Crippen molar-refractivity contribution in [2.45, 2.75) is 31.8 Å². The second kappa shape index (κ2) is 5.43. The van der Waals surface area contributed by atoms with E-state index in [1.807, 2.05) is 6.92 Å². The number of nitrogens with zero attached hydrogens (tertiary/aromatic N) is 1. The van der Waals surface area contributed by atoms with Gasteiger partial charge in [-0.1, -0.05) is 6.92 Å². The first-order valence-electron chi connectivity index (χ1n) is 6.49. The largest absolute Gasteiger partial charge is 0.480 e. The summed E-state index contributed by atoms with van der Waals surface area (Å²) >= 11 is 0. The normalized spacial score (nSPS) is 32.0. The third-order valence-electron chi connectivity index (χ3n) is 3.65. The van der Waals surface area contributed by atoms with E-state index in [-0.39, 0.29) is 11.7 Å². The highest BCUT2D eigenvalue weighted by Crippen LogP contribution is 2.23. The number of carboxylic acid groups (broad SMARTS) is 1. The zero-order valence-electron chi connectivity index (χ0n) is 11.2. The maximum Gasteiger partial charge on any atom is 0.326 e. The van der Waals surface area contributed by atoms with Crippen molar-refractivity contribution in [3.63, 3.8) is 0 Å². The molecule has 2 aliphatic rings. The topological polar surface area (TPSA) is 104 Å². The number of rotatable bonds is 2. The zero-order chi connectivity index (χ0) is 14.9. The van der Waals surface area contributed by atoms with Gasteiger partial charge < -0.3 is 15.3 Å². The molecular formula is C12H18N2O5S. The van der Waals surface area contributed by atoms with Crippen molar-refractivity contribution < 1.29 is 23.1 Å².